The van der Waals surface area contributed by atoms with Crippen molar-refractivity contribution in [2.75, 3.05) is 5.32 Å². The van der Waals surface area contributed by atoms with Gasteiger partial charge >= 0.3 is 0 Å². The predicted octanol–water partition coefficient (Wildman–Crippen LogP) is 5.37. The van der Waals surface area contributed by atoms with Crippen molar-refractivity contribution < 1.29 is 4.79 Å². The van der Waals surface area contributed by atoms with Crippen LogP contribution in [0.3, 0.4) is 0 Å². The standard InChI is InChI=1S/C18H17Cl2NO/c1-18(2)13(10-15(19)20)16(18)17(22)21-14-9-5-7-11-6-3-4-8-12(11)14/h3-10,13,16H,1-2H3,(H,21,22)/t13-,16+/m0/s1. The fraction of sp³-hybridized carbons (Fsp3) is 0.278. The van der Waals surface area contributed by atoms with E-state index in [1.54, 1.807) is 6.08 Å². The highest BCUT2D eigenvalue weighted by Crippen LogP contribution is 2.60. The number of halogens is 2. The van der Waals surface area contributed by atoms with Crippen LogP contribution in [0.1, 0.15) is 13.8 Å². The monoisotopic (exact) mass is 333 g/mol. The first kappa shape index (κ1) is 15.4. The second-order valence-corrected chi connectivity index (χ2v) is 7.30. The van der Waals surface area contributed by atoms with Gasteiger partial charge in [-0.05, 0) is 28.9 Å². The van der Waals surface area contributed by atoms with Gasteiger partial charge in [0, 0.05) is 11.1 Å². The highest BCUT2D eigenvalue weighted by molar-refractivity contribution is 6.55. The molecule has 2 nitrogen and oxygen atoms in total. The zero-order valence-corrected chi connectivity index (χ0v) is 13.9. The summed E-state index contributed by atoms with van der Waals surface area (Å²) in [4.78, 5) is 12.6. The minimum absolute atomic E-state index is 0.0113. The van der Waals surface area contributed by atoms with Gasteiger partial charge in [0.25, 0.3) is 0 Å². The second kappa shape index (κ2) is 5.60. The molecule has 0 aromatic heterocycles. The highest BCUT2D eigenvalue weighted by Gasteiger charge is 2.60. The molecule has 0 saturated heterocycles. The van der Waals surface area contributed by atoms with Crippen molar-refractivity contribution in [2.24, 2.45) is 17.3 Å². The molecule has 1 saturated carbocycles. The Labute approximate surface area is 140 Å². The van der Waals surface area contributed by atoms with Gasteiger partial charge in [-0.15, -0.1) is 0 Å². The van der Waals surface area contributed by atoms with Crippen molar-refractivity contribution in [3.8, 4) is 0 Å². The smallest absolute Gasteiger partial charge is 0.228 e. The molecule has 0 heterocycles. The van der Waals surface area contributed by atoms with E-state index in [0.29, 0.717) is 0 Å². The molecule has 1 fully saturated rings. The number of rotatable bonds is 3. The second-order valence-electron chi connectivity index (χ2n) is 6.30. The van der Waals surface area contributed by atoms with Crippen LogP contribution >= 0.6 is 23.2 Å². The lowest BCUT2D eigenvalue weighted by Crippen LogP contribution is -2.17. The van der Waals surface area contributed by atoms with Crippen molar-refractivity contribution in [3.05, 3.63) is 53.0 Å². The van der Waals surface area contributed by atoms with E-state index in [9.17, 15) is 4.79 Å². The fourth-order valence-electron chi connectivity index (χ4n) is 3.17. The average Bonchev–Trinajstić information content (AvgIpc) is 2.99. The van der Waals surface area contributed by atoms with Crippen LogP contribution in [0, 0.1) is 17.3 Å². The molecule has 0 aliphatic heterocycles. The van der Waals surface area contributed by atoms with Crippen LogP contribution in [0.4, 0.5) is 5.69 Å². The Morgan fingerprint density at radius 2 is 1.82 bits per heavy atom. The lowest BCUT2D eigenvalue weighted by molar-refractivity contribution is -0.118. The van der Waals surface area contributed by atoms with E-state index in [4.69, 9.17) is 23.2 Å². The van der Waals surface area contributed by atoms with Gasteiger partial charge in [0.1, 0.15) is 4.49 Å². The van der Waals surface area contributed by atoms with Gasteiger partial charge in [0.05, 0.1) is 5.92 Å². The first-order valence-electron chi connectivity index (χ1n) is 7.22. The number of hydrogen-bond acceptors (Lipinski definition) is 1. The minimum Gasteiger partial charge on any atom is -0.325 e. The number of benzene rings is 2. The number of nitrogens with one attached hydrogen (secondary N) is 1. The molecule has 2 atom stereocenters. The van der Waals surface area contributed by atoms with Crippen molar-refractivity contribution in [2.45, 2.75) is 13.8 Å². The quantitative estimate of drug-likeness (QED) is 0.803. The van der Waals surface area contributed by atoms with Crippen molar-refractivity contribution in [3.63, 3.8) is 0 Å². The van der Waals surface area contributed by atoms with E-state index in [2.05, 4.69) is 19.2 Å². The summed E-state index contributed by atoms with van der Waals surface area (Å²) in [5.41, 5.74) is 0.717. The number of allylic oxidation sites excluding steroid dienone is 1. The predicted molar refractivity (Wildman–Crippen MR) is 93.1 cm³/mol. The summed E-state index contributed by atoms with van der Waals surface area (Å²) in [7, 11) is 0. The summed E-state index contributed by atoms with van der Waals surface area (Å²) in [6.45, 7) is 4.11. The summed E-state index contributed by atoms with van der Waals surface area (Å²) in [6, 6.07) is 13.9. The Morgan fingerprint density at radius 3 is 2.55 bits per heavy atom. The molecule has 0 unspecified atom stereocenters. The lowest BCUT2D eigenvalue weighted by atomic mass is 10.1. The lowest BCUT2D eigenvalue weighted by Gasteiger charge is -2.09. The van der Waals surface area contributed by atoms with Crippen LogP contribution in [0.25, 0.3) is 10.8 Å². The third-order valence-corrected chi connectivity index (χ3v) is 4.80. The summed E-state index contributed by atoms with van der Waals surface area (Å²) in [5, 5.41) is 5.20. The van der Waals surface area contributed by atoms with E-state index < -0.39 is 0 Å². The number of amides is 1. The summed E-state index contributed by atoms with van der Waals surface area (Å²) >= 11 is 11.5. The Bertz CT molecular complexity index is 757. The maximum atomic E-state index is 12.6. The van der Waals surface area contributed by atoms with Crippen molar-refractivity contribution in [1.82, 2.24) is 0 Å². The zero-order chi connectivity index (χ0) is 15.9. The van der Waals surface area contributed by atoms with E-state index in [1.807, 2.05) is 42.5 Å². The third kappa shape index (κ3) is 2.73. The molecular weight excluding hydrogens is 317 g/mol. The molecule has 114 valence electrons. The highest BCUT2D eigenvalue weighted by atomic mass is 35.5. The topological polar surface area (TPSA) is 29.1 Å². The van der Waals surface area contributed by atoms with Gasteiger partial charge < -0.3 is 5.32 Å². The van der Waals surface area contributed by atoms with Crippen LogP contribution in [0.15, 0.2) is 53.0 Å². The summed E-state index contributed by atoms with van der Waals surface area (Å²) in [6.07, 6.45) is 1.76. The van der Waals surface area contributed by atoms with Crippen LogP contribution in [-0.2, 0) is 4.79 Å². The molecule has 1 aliphatic rings. The molecule has 2 aromatic rings. The van der Waals surface area contributed by atoms with Crippen LogP contribution in [0.2, 0.25) is 0 Å². The average molecular weight is 334 g/mol. The normalized spacial score (nSPS) is 22.2. The zero-order valence-electron chi connectivity index (χ0n) is 12.4. The molecule has 3 rings (SSSR count). The van der Waals surface area contributed by atoms with E-state index in [-0.39, 0.29) is 27.6 Å². The third-order valence-electron chi connectivity index (χ3n) is 4.55. The molecule has 1 aliphatic carbocycles. The molecule has 0 radical (unpaired) electrons. The number of fused-ring (bicyclic) bond motifs is 1. The molecule has 22 heavy (non-hydrogen) atoms. The van der Waals surface area contributed by atoms with Gasteiger partial charge in [0.15, 0.2) is 0 Å². The van der Waals surface area contributed by atoms with Crippen LogP contribution < -0.4 is 5.32 Å². The van der Waals surface area contributed by atoms with Crippen molar-refractivity contribution >= 4 is 45.6 Å². The van der Waals surface area contributed by atoms with Gasteiger partial charge in [-0.25, -0.2) is 0 Å². The largest absolute Gasteiger partial charge is 0.325 e. The van der Waals surface area contributed by atoms with Gasteiger partial charge in [0.2, 0.25) is 5.91 Å². The van der Waals surface area contributed by atoms with E-state index in [0.717, 1.165) is 16.5 Å². The van der Waals surface area contributed by atoms with E-state index in [1.165, 1.54) is 0 Å². The molecular formula is C18H17Cl2NO. The van der Waals surface area contributed by atoms with E-state index >= 15 is 0 Å². The first-order chi connectivity index (χ1) is 10.4. The van der Waals surface area contributed by atoms with Crippen LogP contribution in [0.5, 0.6) is 0 Å². The molecule has 4 heteroatoms. The number of anilines is 1. The van der Waals surface area contributed by atoms with Gasteiger partial charge in [-0.2, -0.15) is 0 Å². The van der Waals surface area contributed by atoms with Crippen LogP contribution in [-0.4, -0.2) is 5.91 Å². The molecule has 1 amide bonds. The molecule has 0 bridgehead atoms. The summed E-state index contributed by atoms with van der Waals surface area (Å²) < 4.78 is 0.221. The summed E-state index contributed by atoms with van der Waals surface area (Å²) in [5.74, 6) is -0.0244. The number of hydrogen-bond donors (Lipinski definition) is 1. The Hall–Kier alpha value is -1.51. The molecule has 0 spiro atoms. The number of carbonyl (C=O) groups is 1. The molecule has 2 aromatic carbocycles. The fourth-order valence-corrected chi connectivity index (χ4v) is 3.44. The maximum Gasteiger partial charge on any atom is 0.228 e. The van der Waals surface area contributed by atoms with Gasteiger partial charge in [-0.3, -0.25) is 4.79 Å². The minimum atomic E-state index is -0.121. The van der Waals surface area contributed by atoms with Crippen molar-refractivity contribution in [1.29, 1.82) is 0 Å². The maximum absolute atomic E-state index is 12.6. The molecule has 1 N–H and O–H groups in total. The van der Waals surface area contributed by atoms with Gasteiger partial charge in [-0.1, -0.05) is 73.4 Å². The Balaban J connectivity index is 1.84. The number of carbonyl (C=O) groups excluding carboxylic acids is 1. The SMILES string of the molecule is CC1(C)[C@@H](C=C(Cl)Cl)[C@@H]1C(=O)Nc1cccc2ccccc12. The Morgan fingerprint density at radius 1 is 1.14 bits per heavy atom. The first-order valence-corrected chi connectivity index (χ1v) is 7.98. The Kier molecular flexibility index (Phi) is 3.92.